The monoisotopic (exact) mass is 577 g/mol. The molecule has 0 aliphatic carbocycles. The van der Waals surface area contributed by atoms with E-state index in [0.29, 0.717) is 0 Å². The average molecular weight is 578 g/mol. The highest BCUT2D eigenvalue weighted by Gasteiger charge is 2.22. The molecule has 0 saturated carbocycles. The van der Waals surface area contributed by atoms with Crippen LogP contribution < -0.4 is 4.74 Å². The SMILES string of the molecule is CCCCN(Cc1cccc(Oc2ccccc2)c1)Cc1c(-c2ccc(Cl)cc2)nc(-c2ccccc2)n1CCCC. The molecule has 0 saturated heterocycles. The first kappa shape index (κ1) is 29.6. The predicted octanol–water partition coefficient (Wildman–Crippen LogP) is 10.3. The minimum Gasteiger partial charge on any atom is -0.457 e. The molecule has 1 heterocycles. The highest BCUT2D eigenvalue weighted by atomic mass is 35.5. The fourth-order valence-electron chi connectivity index (χ4n) is 5.25. The number of aromatic nitrogens is 2. The van der Waals surface area contributed by atoms with Crippen molar-refractivity contribution < 1.29 is 4.74 Å². The van der Waals surface area contributed by atoms with Gasteiger partial charge >= 0.3 is 0 Å². The van der Waals surface area contributed by atoms with E-state index in [1.165, 1.54) is 11.3 Å². The van der Waals surface area contributed by atoms with Gasteiger partial charge in [0.2, 0.25) is 0 Å². The first-order valence-corrected chi connectivity index (χ1v) is 15.5. The highest BCUT2D eigenvalue weighted by Crippen LogP contribution is 2.32. The number of halogens is 1. The number of hydrogen-bond donors (Lipinski definition) is 0. The summed E-state index contributed by atoms with van der Waals surface area (Å²) < 4.78 is 8.61. The van der Waals surface area contributed by atoms with Gasteiger partial charge in [0.1, 0.15) is 17.3 Å². The summed E-state index contributed by atoms with van der Waals surface area (Å²) in [6.07, 6.45) is 4.49. The van der Waals surface area contributed by atoms with Crippen molar-refractivity contribution >= 4 is 11.6 Å². The standard InChI is InChI=1S/C37H40ClN3O/c1-3-5-24-40(27-29-14-13-19-34(26-29)42-33-17-11-8-12-18-33)28-35-36(30-20-22-32(38)23-21-30)39-37(41(35)25-6-4-2)31-15-9-7-10-16-31/h7-23,26H,3-6,24-25,27-28H2,1-2H3. The Morgan fingerprint density at radius 3 is 2.12 bits per heavy atom. The first-order chi connectivity index (χ1) is 20.6. The molecule has 0 N–H and O–H groups in total. The third-order valence-electron chi connectivity index (χ3n) is 7.44. The van der Waals surface area contributed by atoms with Crippen molar-refractivity contribution in [3.63, 3.8) is 0 Å². The van der Waals surface area contributed by atoms with Crippen LogP contribution in [0.5, 0.6) is 11.5 Å². The quantitative estimate of drug-likeness (QED) is 0.131. The summed E-state index contributed by atoms with van der Waals surface area (Å²) in [5.74, 6) is 2.73. The van der Waals surface area contributed by atoms with E-state index >= 15 is 0 Å². The lowest BCUT2D eigenvalue weighted by atomic mass is 10.1. The molecular formula is C37H40ClN3O. The summed E-state index contributed by atoms with van der Waals surface area (Å²) in [5.41, 5.74) is 5.74. The molecule has 5 rings (SSSR count). The number of para-hydroxylation sites is 1. The second kappa shape index (κ2) is 14.9. The smallest absolute Gasteiger partial charge is 0.140 e. The Kier molecular flexibility index (Phi) is 10.5. The van der Waals surface area contributed by atoms with Crippen LogP contribution in [0.4, 0.5) is 0 Å². The number of unbranched alkanes of at least 4 members (excludes halogenated alkanes) is 2. The molecule has 0 radical (unpaired) electrons. The van der Waals surface area contributed by atoms with Crippen molar-refractivity contribution in [3.05, 3.63) is 125 Å². The van der Waals surface area contributed by atoms with Gasteiger partial charge in [0.05, 0.1) is 11.4 Å². The molecule has 0 aliphatic heterocycles. The molecule has 0 spiro atoms. The molecule has 216 valence electrons. The van der Waals surface area contributed by atoms with Crippen LogP contribution in [0.25, 0.3) is 22.6 Å². The zero-order valence-corrected chi connectivity index (χ0v) is 25.4. The molecule has 0 amide bonds. The van der Waals surface area contributed by atoms with Crippen LogP contribution in [0.1, 0.15) is 50.8 Å². The Balaban J connectivity index is 1.51. The number of imidazole rings is 1. The zero-order chi connectivity index (χ0) is 29.1. The van der Waals surface area contributed by atoms with Crippen LogP contribution in [0, 0.1) is 0 Å². The molecular weight excluding hydrogens is 538 g/mol. The normalized spacial score (nSPS) is 11.2. The number of ether oxygens (including phenoxy) is 1. The van der Waals surface area contributed by atoms with Crippen LogP contribution in [0.3, 0.4) is 0 Å². The van der Waals surface area contributed by atoms with Gasteiger partial charge in [0.15, 0.2) is 0 Å². The van der Waals surface area contributed by atoms with Crippen molar-refractivity contribution in [1.29, 1.82) is 0 Å². The molecule has 0 bridgehead atoms. The summed E-state index contributed by atoms with van der Waals surface area (Å²) >= 11 is 6.29. The molecule has 5 aromatic rings. The maximum Gasteiger partial charge on any atom is 0.140 e. The number of hydrogen-bond acceptors (Lipinski definition) is 3. The minimum atomic E-state index is 0.733. The molecule has 0 atom stereocenters. The molecule has 4 nitrogen and oxygen atoms in total. The van der Waals surface area contributed by atoms with E-state index in [-0.39, 0.29) is 0 Å². The Bertz CT molecular complexity index is 1530. The van der Waals surface area contributed by atoms with Crippen LogP contribution in [0.2, 0.25) is 5.02 Å². The first-order valence-electron chi connectivity index (χ1n) is 15.1. The van der Waals surface area contributed by atoms with E-state index < -0.39 is 0 Å². The van der Waals surface area contributed by atoms with Gasteiger partial charge in [-0.05, 0) is 61.3 Å². The molecule has 0 aliphatic rings. The van der Waals surface area contributed by atoms with Crippen LogP contribution in [0.15, 0.2) is 109 Å². The summed E-state index contributed by atoms with van der Waals surface area (Å²) in [4.78, 5) is 7.86. The van der Waals surface area contributed by atoms with Gasteiger partial charge in [-0.1, -0.05) is 111 Å². The molecule has 0 fully saturated rings. The summed E-state index contributed by atoms with van der Waals surface area (Å²) in [6.45, 7) is 8.05. The molecule has 42 heavy (non-hydrogen) atoms. The largest absolute Gasteiger partial charge is 0.457 e. The lowest BCUT2D eigenvalue weighted by Gasteiger charge is -2.24. The maximum atomic E-state index is 6.29. The molecule has 4 aromatic carbocycles. The van der Waals surface area contributed by atoms with E-state index in [2.05, 4.69) is 84.0 Å². The Hall–Kier alpha value is -3.86. The lowest BCUT2D eigenvalue weighted by molar-refractivity contribution is 0.246. The minimum absolute atomic E-state index is 0.733. The second-order valence-corrected chi connectivity index (χ2v) is 11.2. The topological polar surface area (TPSA) is 30.3 Å². The number of rotatable bonds is 14. The van der Waals surface area contributed by atoms with Crippen molar-refractivity contribution in [2.45, 2.75) is 59.2 Å². The van der Waals surface area contributed by atoms with E-state index in [9.17, 15) is 0 Å². The average Bonchev–Trinajstić information content (AvgIpc) is 3.38. The number of benzene rings is 4. The van der Waals surface area contributed by atoms with E-state index in [1.54, 1.807) is 0 Å². The van der Waals surface area contributed by atoms with E-state index in [0.717, 1.165) is 91.0 Å². The fraction of sp³-hybridized carbons (Fsp3) is 0.270. The molecule has 5 heteroatoms. The third-order valence-corrected chi connectivity index (χ3v) is 7.69. The Morgan fingerprint density at radius 2 is 1.40 bits per heavy atom. The molecule has 1 aromatic heterocycles. The summed E-state index contributed by atoms with van der Waals surface area (Å²) in [7, 11) is 0. The van der Waals surface area contributed by atoms with Crippen LogP contribution in [-0.4, -0.2) is 21.0 Å². The number of nitrogens with zero attached hydrogens (tertiary/aromatic N) is 3. The van der Waals surface area contributed by atoms with Gasteiger partial charge in [0.25, 0.3) is 0 Å². The zero-order valence-electron chi connectivity index (χ0n) is 24.7. The van der Waals surface area contributed by atoms with Gasteiger partial charge in [-0.2, -0.15) is 0 Å². The molecule has 0 unspecified atom stereocenters. The fourth-order valence-corrected chi connectivity index (χ4v) is 5.37. The Labute approximate surface area is 255 Å². The van der Waals surface area contributed by atoms with Crippen LogP contribution >= 0.6 is 11.6 Å². The summed E-state index contributed by atoms with van der Waals surface area (Å²) in [6, 6.07) is 37.1. The van der Waals surface area contributed by atoms with Gasteiger partial charge in [-0.15, -0.1) is 0 Å². The van der Waals surface area contributed by atoms with Crippen molar-refractivity contribution in [3.8, 4) is 34.1 Å². The van der Waals surface area contributed by atoms with Crippen molar-refractivity contribution in [2.75, 3.05) is 6.54 Å². The van der Waals surface area contributed by atoms with Crippen molar-refractivity contribution in [1.82, 2.24) is 14.5 Å². The van der Waals surface area contributed by atoms with E-state index in [4.69, 9.17) is 21.3 Å². The van der Waals surface area contributed by atoms with Crippen molar-refractivity contribution in [2.24, 2.45) is 0 Å². The predicted molar refractivity (Wildman–Crippen MR) is 175 cm³/mol. The highest BCUT2D eigenvalue weighted by molar-refractivity contribution is 6.30. The van der Waals surface area contributed by atoms with Crippen LogP contribution in [-0.2, 0) is 19.6 Å². The van der Waals surface area contributed by atoms with Gasteiger partial charge in [0, 0.05) is 35.8 Å². The summed E-state index contributed by atoms with van der Waals surface area (Å²) in [5, 5.41) is 0.733. The van der Waals surface area contributed by atoms with E-state index in [1.807, 2.05) is 48.5 Å². The second-order valence-electron chi connectivity index (χ2n) is 10.7. The lowest BCUT2D eigenvalue weighted by Crippen LogP contribution is -2.26. The Morgan fingerprint density at radius 1 is 0.714 bits per heavy atom. The third kappa shape index (κ3) is 7.70. The maximum absolute atomic E-state index is 6.29. The van der Waals surface area contributed by atoms with Gasteiger partial charge in [-0.25, -0.2) is 4.98 Å². The van der Waals surface area contributed by atoms with Gasteiger partial charge in [-0.3, -0.25) is 4.90 Å². The van der Waals surface area contributed by atoms with Gasteiger partial charge < -0.3 is 9.30 Å².